The summed E-state index contributed by atoms with van der Waals surface area (Å²) >= 11 is 0. The quantitative estimate of drug-likeness (QED) is 0.858. The lowest BCUT2D eigenvalue weighted by Crippen LogP contribution is -2.34. The zero-order valence-electron chi connectivity index (χ0n) is 10.9. The van der Waals surface area contributed by atoms with Crippen molar-refractivity contribution in [1.29, 1.82) is 0 Å². The largest absolute Gasteiger partial charge is 0.392 e. The van der Waals surface area contributed by atoms with Gasteiger partial charge in [0.2, 0.25) is 0 Å². The Hall–Kier alpha value is -1.39. The summed E-state index contributed by atoms with van der Waals surface area (Å²) < 4.78 is 0. The first kappa shape index (κ1) is 13.1. The fourth-order valence-corrected chi connectivity index (χ4v) is 2.20. The predicted octanol–water partition coefficient (Wildman–Crippen LogP) is 1.49. The number of nitrogens with zero attached hydrogens (tertiary/aromatic N) is 2. The summed E-state index contributed by atoms with van der Waals surface area (Å²) in [6.45, 7) is 3.23. The van der Waals surface area contributed by atoms with Gasteiger partial charge in [0.1, 0.15) is 6.10 Å². The van der Waals surface area contributed by atoms with Crippen molar-refractivity contribution in [3.63, 3.8) is 0 Å². The second-order valence-electron chi connectivity index (χ2n) is 4.91. The third-order valence-electron chi connectivity index (χ3n) is 2.93. The number of aliphatic hydroxyl groups is 1. The monoisotopic (exact) mass is 248 g/mol. The van der Waals surface area contributed by atoms with E-state index in [0.717, 1.165) is 24.2 Å². The van der Waals surface area contributed by atoms with Crippen LogP contribution < -0.4 is 0 Å². The van der Waals surface area contributed by atoms with E-state index in [4.69, 9.17) is 4.84 Å². The van der Waals surface area contributed by atoms with E-state index in [1.54, 1.807) is 6.92 Å². The summed E-state index contributed by atoms with van der Waals surface area (Å²) in [7, 11) is 1.98. The smallest absolute Gasteiger partial charge is 0.145 e. The average Bonchev–Trinajstić information content (AvgIpc) is 2.77. The Bertz CT molecular complexity index is 404. The van der Waals surface area contributed by atoms with Crippen LogP contribution in [0.4, 0.5) is 0 Å². The van der Waals surface area contributed by atoms with Gasteiger partial charge < -0.3 is 14.8 Å². The molecule has 2 rings (SSSR count). The molecule has 2 atom stereocenters. The minimum atomic E-state index is -0.314. The molecule has 1 aliphatic rings. The van der Waals surface area contributed by atoms with Crippen molar-refractivity contribution in [2.45, 2.75) is 25.6 Å². The predicted molar refractivity (Wildman–Crippen MR) is 71.6 cm³/mol. The minimum Gasteiger partial charge on any atom is -0.392 e. The van der Waals surface area contributed by atoms with E-state index < -0.39 is 0 Å². The van der Waals surface area contributed by atoms with E-state index in [1.165, 1.54) is 0 Å². The summed E-state index contributed by atoms with van der Waals surface area (Å²) in [4.78, 5) is 7.51. The number of aliphatic hydroxyl groups excluding tert-OH is 1. The molecule has 1 aliphatic heterocycles. The van der Waals surface area contributed by atoms with Gasteiger partial charge in [-0.3, -0.25) is 0 Å². The maximum atomic E-state index is 9.32. The van der Waals surface area contributed by atoms with Gasteiger partial charge in [-0.15, -0.1) is 0 Å². The SMILES string of the molecule is CC(O)CN(C)CC1CC(c2ccccc2)=NO1. The van der Waals surface area contributed by atoms with Gasteiger partial charge in [-0.05, 0) is 19.5 Å². The first-order valence-electron chi connectivity index (χ1n) is 6.30. The van der Waals surface area contributed by atoms with E-state index in [0.29, 0.717) is 6.54 Å². The van der Waals surface area contributed by atoms with Crippen molar-refractivity contribution in [2.24, 2.45) is 5.16 Å². The Morgan fingerprint density at radius 1 is 1.44 bits per heavy atom. The molecule has 0 saturated carbocycles. The Balaban J connectivity index is 1.84. The molecule has 0 bridgehead atoms. The fourth-order valence-electron chi connectivity index (χ4n) is 2.20. The molecule has 4 heteroatoms. The van der Waals surface area contributed by atoms with Crippen LogP contribution in [-0.2, 0) is 4.84 Å². The molecular formula is C14H20N2O2. The second kappa shape index (κ2) is 5.98. The molecule has 2 unspecified atom stereocenters. The zero-order valence-corrected chi connectivity index (χ0v) is 10.9. The number of rotatable bonds is 5. The number of hydrogen-bond acceptors (Lipinski definition) is 4. The van der Waals surface area contributed by atoms with Crippen molar-refractivity contribution in [1.82, 2.24) is 4.90 Å². The number of benzene rings is 1. The van der Waals surface area contributed by atoms with E-state index in [-0.39, 0.29) is 12.2 Å². The maximum absolute atomic E-state index is 9.32. The van der Waals surface area contributed by atoms with Gasteiger partial charge in [-0.1, -0.05) is 35.5 Å². The highest BCUT2D eigenvalue weighted by Gasteiger charge is 2.23. The normalized spacial score (nSPS) is 20.7. The van der Waals surface area contributed by atoms with Crippen molar-refractivity contribution >= 4 is 5.71 Å². The molecular weight excluding hydrogens is 228 g/mol. The van der Waals surface area contributed by atoms with Crippen LogP contribution in [0.1, 0.15) is 18.9 Å². The van der Waals surface area contributed by atoms with Crippen LogP contribution in [0, 0.1) is 0 Å². The van der Waals surface area contributed by atoms with E-state index in [9.17, 15) is 5.11 Å². The summed E-state index contributed by atoms with van der Waals surface area (Å²) in [5.41, 5.74) is 2.13. The van der Waals surface area contributed by atoms with Gasteiger partial charge in [-0.2, -0.15) is 0 Å². The number of oxime groups is 1. The second-order valence-corrected chi connectivity index (χ2v) is 4.91. The molecule has 1 aromatic carbocycles. The van der Waals surface area contributed by atoms with Crippen LogP contribution >= 0.6 is 0 Å². The van der Waals surface area contributed by atoms with Gasteiger partial charge in [0, 0.05) is 19.5 Å². The Morgan fingerprint density at radius 3 is 2.83 bits per heavy atom. The molecule has 0 amide bonds. The molecule has 0 radical (unpaired) electrons. The standard InChI is InChI=1S/C14H20N2O2/c1-11(17)9-16(2)10-13-8-14(15-18-13)12-6-4-3-5-7-12/h3-7,11,13,17H,8-10H2,1-2H3. The number of hydrogen-bond donors (Lipinski definition) is 1. The van der Waals surface area contributed by atoms with Gasteiger partial charge in [-0.25, -0.2) is 0 Å². The fraction of sp³-hybridized carbons (Fsp3) is 0.500. The van der Waals surface area contributed by atoms with Crippen LogP contribution in [-0.4, -0.2) is 48.1 Å². The zero-order chi connectivity index (χ0) is 13.0. The van der Waals surface area contributed by atoms with Crippen molar-refractivity contribution in [3.8, 4) is 0 Å². The molecule has 0 aliphatic carbocycles. The van der Waals surface area contributed by atoms with Crippen LogP contribution in [0.3, 0.4) is 0 Å². The Kier molecular flexibility index (Phi) is 4.33. The van der Waals surface area contributed by atoms with Crippen molar-refractivity contribution < 1.29 is 9.94 Å². The molecule has 1 N–H and O–H groups in total. The molecule has 4 nitrogen and oxygen atoms in total. The molecule has 0 fully saturated rings. The van der Waals surface area contributed by atoms with E-state index in [2.05, 4.69) is 10.1 Å². The third-order valence-corrected chi connectivity index (χ3v) is 2.93. The molecule has 0 spiro atoms. The molecule has 1 heterocycles. The molecule has 1 aromatic rings. The average molecular weight is 248 g/mol. The molecule has 0 saturated heterocycles. The van der Waals surface area contributed by atoms with Gasteiger partial charge in [0.15, 0.2) is 0 Å². The van der Waals surface area contributed by atoms with E-state index >= 15 is 0 Å². The molecule has 18 heavy (non-hydrogen) atoms. The van der Waals surface area contributed by atoms with Crippen LogP contribution in [0.25, 0.3) is 0 Å². The number of likely N-dealkylation sites (N-methyl/N-ethyl adjacent to an activating group) is 1. The first-order chi connectivity index (χ1) is 8.65. The highest BCUT2D eigenvalue weighted by molar-refractivity contribution is 6.01. The lowest BCUT2D eigenvalue weighted by molar-refractivity contribution is 0.0469. The van der Waals surface area contributed by atoms with Crippen LogP contribution in [0.2, 0.25) is 0 Å². The third kappa shape index (κ3) is 3.55. The first-order valence-corrected chi connectivity index (χ1v) is 6.30. The molecule has 0 aromatic heterocycles. The van der Waals surface area contributed by atoms with Gasteiger partial charge in [0.25, 0.3) is 0 Å². The highest BCUT2D eigenvalue weighted by Crippen LogP contribution is 2.17. The summed E-state index contributed by atoms with van der Waals surface area (Å²) in [5, 5.41) is 13.5. The van der Waals surface area contributed by atoms with E-state index in [1.807, 2.05) is 37.4 Å². The van der Waals surface area contributed by atoms with Crippen LogP contribution in [0.5, 0.6) is 0 Å². The van der Waals surface area contributed by atoms with Gasteiger partial charge in [0.05, 0.1) is 11.8 Å². The Labute approximate surface area is 108 Å². The Morgan fingerprint density at radius 2 is 2.17 bits per heavy atom. The lowest BCUT2D eigenvalue weighted by Gasteiger charge is -2.20. The highest BCUT2D eigenvalue weighted by atomic mass is 16.6. The lowest BCUT2D eigenvalue weighted by atomic mass is 10.1. The summed E-state index contributed by atoms with van der Waals surface area (Å²) in [6.07, 6.45) is 0.601. The van der Waals surface area contributed by atoms with Gasteiger partial charge >= 0.3 is 0 Å². The van der Waals surface area contributed by atoms with Crippen molar-refractivity contribution in [2.75, 3.05) is 20.1 Å². The molecule has 98 valence electrons. The summed E-state index contributed by atoms with van der Waals surface area (Å²) in [5.74, 6) is 0. The van der Waals surface area contributed by atoms with Crippen LogP contribution in [0.15, 0.2) is 35.5 Å². The van der Waals surface area contributed by atoms with Crippen molar-refractivity contribution in [3.05, 3.63) is 35.9 Å². The topological polar surface area (TPSA) is 45.1 Å². The minimum absolute atomic E-state index is 0.0870. The maximum Gasteiger partial charge on any atom is 0.145 e. The summed E-state index contributed by atoms with van der Waals surface area (Å²) in [6, 6.07) is 10.1.